The van der Waals surface area contributed by atoms with Gasteiger partial charge in [-0.2, -0.15) is 0 Å². The molecule has 0 atom stereocenters. The fourth-order valence-electron chi connectivity index (χ4n) is 4.55. The largest absolute Gasteiger partial charge is 0.494 e. The summed E-state index contributed by atoms with van der Waals surface area (Å²) >= 11 is 0. The van der Waals surface area contributed by atoms with Crippen LogP contribution in [-0.2, 0) is 6.54 Å². The smallest absolute Gasteiger partial charge is 0.291 e. The quantitative estimate of drug-likeness (QED) is 0.497. The lowest BCUT2D eigenvalue weighted by molar-refractivity contribution is 0.0997. The number of nitrogens with one attached hydrogen (secondary N) is 1. The van der Waals surface area contributed by atoms with Crippen LogP contribution in [0.3, 0.4) is 0 Å². The molecule has 1 amide bonds. The van der Waals surface area contributed by atoms with E-state index in [9.17, 15) is 4.79 Å². The zero-order chi connectivity index (χ0) is 21.8. The van der Waals surface area contributed by atoms with Crippen molar-refractivity contribution in [1.29, 1.82) is 0 Å². The van der Waals surface area contributed by atoms with Crippen molar-refractivity contribution in [1.82, 2.24) is 4.90 Å². The molecule has 1 fully saturated rings. The minimum atomic E-state index is -0.223. The monoisotopic (exact) mass is 420 g/mol. The Labute approximate surface area is 184 Å². The van der Waals surface area contributed by atoms with E-state index >= 15 is 0 Å². The minimum Gasteiger partial charge on any atom is -0.494 e. The van der Waals surface area contributed by atoms with Crippen molar-refractivity contribution in [3.63, 3.8) is 0 Å². The lowest BCUT2D eigenvalue weighted by Gasteiger charge is -2.31. The molecule has 0 bridgehead atoms. The van der Waals surface area contributed by atoms with E-state index in [0.29, 0.717) is 24.0 Å². The Morgan fingerprint density at radius 2 is 1.94 bits per heavy atom. The molecule has 31 heavy (non-hydrogen) atoms. The molecule has 1 N–H and O–H groups in total. The number of furan rings is 1. The number of hydrogen-bond donors (Lipinski definition) is 1. The summed E-state index contributed by atoms with van der Waals surface area (Å²) in [6, 6.07) is 14.3. The Kier molecular flexibility index (Phi) is 6.62. The molecular weight excluding hydrogens is 388 g/mol. The molecular formula is C26H32N2O3. The number of anilines is 1. The molecule has 1 heterocycles. The Balaban J connectivity index is 1.53. The zero-order valence-corrected chi connectivity index (χ0v) is 18.7. The molecule has 1 saturated carbocycles. The normalized spacial score (nSPS) is 14.8. The summed E-state index contributed by atoms with van der Waals surface area (Å²) in [4.78, 5) is 15.5. The molecule has 164 valence electrons. The first-order valence-corrected chi connectivity index (χ1v) is 11.3. The van der Waals surface area contributed by atoms with Crippen molar-refractivity contribution < 1.29 is 13.9 Å². The van der Waals surface area contributed by atoms with E-state index < -0.39 is 0 Å². The van der Waals surface area contributed by atoms with Gasteiger partial charge in [-0.05, 0) is 63.6 Å². The molecule has 4 rings (SSSR count). The zero-order valence-electron chi connectivity index (χ0n) is 18.7. The number of benzene rings is 2. The highest BCUT2D eigenvalue weighted by atomic mass is 16.5. The first-order chi connectivity index (χ1) is 15.1. The van der Waals surface area contributed by atoms with Gasteiger partial charge in [-0.15, -0.1) is 0 Å². The van der Waals surface area contributed by atoms with Gasteiger partial charge in [0.2, 0.25) is 0 Å². The van der Waals surface area contributed by atoms with E-state index in [1.54, 1.807) is 0 Å². The number of rotatable bonds is 7. The van der Waals surface area contributed by atoms with Gasteiger partial charge in [-0.1, -0.05) is 37.5 Å². The highest BCUT2D eigenvalue weighted by Gasteiger charge is 2.21. The van der Waals surface area contributed by atoms with Crippen molar-refractivity contribution in [3.05, 3.63) is 59.4 Å². The molecule has 1 aliphatic carbocycles. The number of ether oxygens (including phenoxy) is 1. The highest BCUT2D eigenvalue weighted by Crippen LogP contribution is 2.30. The van der Waals surface area contributed by atoms with E-state index in [-0.39, 0.29) is 5.91 Å². The molecule has 0 spiro atoms. The molecule has 5 heteroatoms. The number of carbonyl (C=O) groups excluding carboxylic acids is 1. The second-order valence-electron chi connectivity index (χ2n) is 8.47. The van der Waals surface area contributed by atoms with Crippen LogP contribution in [0.25, 0.3) is 11.0 Å². The molecule has 1 aliphatic rings. The van der Waals surface area contributed by atoms with E-state index in [2.05, 4.69) is 23.3 Å². The Bertz CT molecular complexity index is 1050. The van der Waals surface area contributed by atoms with Crippen LogP contribution in [-0.4, -0.2) is 30.5 Å². The van der Waals surface area contributed by atoms with Gasteiger partial charge in [0.15, 0.2) is 5.76 Å². The van der Waals surface area contributed by atoms with Gasteiger partial charge in [0.05, 0.1) is 6.61 Å². The average Bonchev–Trinajstić information content (AvgIpc) is 3.12. The van der Waals surface area contributed by atoms with Crippen molar-refractivity contribution in [2.75, 3.05) is 19.0 Å². The number of aryl methyl sites for hydroxylation is 1. The summed E-state index contributed by atoms with van der Waals surface area (Å²) in [7, 11) is 2.19. The van der Waals surface area contributed by atoms with Gasteiger partial charge >= 0.3 is 0 Å². The summed E-state index contributed by atoms with van der Waals surface area (Å²) in [6.45, 7) is 5.29. The van der Waals surface area contributed by atoms with Crippen molar-refractivity contribution in [2.45, 2.75) is 58.5 Å². The van der Waals surface area contributed by atoms with Gasteiger partial charge in [0.1, 0.15) is 11.3 Å². The van der Waals surface area contributed by atoms with Crippen LogP contribution < -0.4 is 10.1 Å². The predicted octanol–water partition coefficient (Wildman–Crippen LogP) is 6.16. The van der Waals surface area contributed by atoms with Crippen molar-refractivity contribution in [2.24, 2.45) is 0 Å². The van der Waals surface area contributed by atoms with Crippen LogP contribution in [0.4, 0.5) is 5.69 Å². The summed E-state index contributed by atoms with van der Waals surface area (Å²) in [5.41, 5.74) is 3.48. The van der Waals surface area contributed by atoms with E-state index in [1.165, 1.54) is 32.1 Å². The number of nitrogens with zero attached hydrogens (tertiary/aromatic N) is 1. The maximum absolute atomic E-state index is 13.1. The van der Waals surface area contributed by atoms with E-state index in [4.69, 9.17) is 9.15 Å². The van der Waals surface area contributed by atoms with Gasteiger partial charge in [0.25, 0.3) is 5.91 Å². The number of fused-ring (bicyclic) bond motifs is 1. The van der Waals surface area contributed by atoms with Crippen LogP contribution >= 0.6 is 0 Å². The standard InChI is InChI=1S/C26H32N2O3/c1-4-30-21-14-15-24-22(16-21)18(2)25(31-24)26(29)27-23-13-9-8-10-19(23)17-28(3)20-11-6-5-7-12-20/h8-10,13-16,20H,4-7,11-12,17H2,1-3H3,(H,27,29). The maximum Gasteiger partial charge on any atom is 0.291 e. The van der Waals surface area contributed by atoms with Crippen LogP contribution in [0.2, 0.25) is 0 Å². The summed E-state index contributed by atoms with van der Waals surface area (Å²) in [5.74, 6) is 0.903. The fraction of sp³-hybridized carbons (Fsp3) is 0.423. The Morgan fingerprint density at radius 1 is 1.16 bits per heavy atom. The second-order valence-corrected chi connectivity index (χ2v) is 8.47. The summed E-state index contributed by atoms with van der Waals surface area (Å²) in [6.07, 6.45) is 6.48. The third kappa shape index (κ3) is 4.77. The van der Waals surface area contributed by atoms with Crippen molar-refractivity contribution >= 4 is 22.6 Å². The van der Waals surface area contributed by atoms with Crippen LogP contribution in [0.5, 0.6) is 5.75 Å². The van der Waals surface area contributed by atoms with Crippen molar-refractivity contribution in [3.8, 4) is 5.75 Å². The minimum absolute atomic E-state index is 0.223. The fourth-order valence-corrected chi connectivity index (χ4v) is 4.55. The maximum atomic E-state index is 13.1. The third-order valence-electron chi connectivity index (χ3n) is 6.31. The molecule has 0 unspecified atom stereocenters. The van der Waals surface area contributed by atoms with Gasteiger partial charge in [-0.3, -0.25) is 9.69 Å². The van der Waals surface area contributed by atoms with Crippen LogP contribution in [0.1, 0.15) is 60.7 Å². The average molecular weight is 421 g/mol. The summed E-state index contributed by atoms with van der Waals surface area (Å²) < 4.78 is 11.5. The van der Waals surface area contributed by atoms with Gasteiger partial charge in [0, 0.05) is 29.2 Å². The Morgan fingerprint density at radius 3 is 2.71 bits per heavy atom. The molecule has 0 radical (unpaired) electrons. The first kappa shape index (κ1) is 21.4. The molecule has 3 aromatic rings. The van der Waals surface area contributed by atoms with Gasteiger partial charge < -0.3 is 14.5 Å². The third-order valence-corrected chi connectivity index (χ3v) is 6.31. The lowest BCUT2D eigenvalue weighted by Crippen LogP contribution is -2.33. The molecule has 1 aromatic heterocycles. The Hall–Kier alpha value is -2.79. The highest BCUT2D eigenvalue weighted by molar-refractivity contribution is 6.06. The topological polar surface area (TPSA) is 54.7 Å². The number of carbonyl (C=O) groups is 1. The van der Waals surface area contributed by atoms with E-state index in [0.717, 1.165) is 34.5 Å². The SMILES string of the molecule is CCOc1ccc2oc(C(=O)Nc3ccccc3CN(C)C3CCCCC3)c(C)c2c1. The number of hydrogen-bond acceptors (Lipinski definition) is 4. The van der Waals surface area contributed by atoms with Gasteiger partial charge in [-0.25, -0.2) is 0 Å². The number of para-hydroxylation sites is 1. The molecule has 0 aliphatic heterocycles. The molecule has 2 aromatic carbocycles. The molecule has 0 saturated heterocycles. The predicted molar refractivity (Wildman–Crippen MR) is 125 cm³/mol. The first-order valence-electron chi connectivity index (χ1n) is 11.3. The molecule has 5 nitrogen and oxygen atoms in total. The lowest BCUT2D eigenvalue weighted by atomic mass is 9.94. The van der Waals surface area contributed by atoms with E-state index in [1.807, 2.05) is 50.2 Å². The second kappa shape index (κ2) is 9.56. The van der Waals surface area contributed by atoms with Crippen LogP contribution in [0.15, 0.2) is 46.9 Å². The summed E-state index contributed by atoms with van der Waals surface area (Å²) in [5, 5.41) is 3.99. The van der Waals surface area contributed by atoms with Crippen LogP contribution in [0, 0.1) is 6.92 Å². The number of amides is 1.